The molecule has 0 aliphatic heterocycles. The highest BCUT2D eigenvalue weighted by molar-refractivity contribution is 6.33. The first-order chi connectivity index (χ1) is 12.4. The molecule has 3 rings (SSSR count). The van der Waals surface area contributed by atoms with E-state index in [-0.39, 0.29) is 11.5 Å². The minimum atomic E-state index is -0.0590. The Morgan fingerprint density at radius 2 is 1.54 bits per heavy atom. The average molecular weight is 363 g/mol. The SMILES string of the molecule is C=C(C(C)=O)c1cc(-c2ccc(-c3ccccc3O)cc2)c(Cl)cc1C. The Kier molecular flexibility index (Phi) is 4.97. The van der Waals surface area contributed by atoms with Crippen molar-refractivity contribution in [1.82, 2.24) is 0 Å². The van der Waals surface area contributed by atoms with Gasteiger partial charge < -0.3 is 5.11 Å². The molecular weight excluding hydrogens is 344 g/mol. The zero-order valence-corrected chi connectivity index (χ0v) is 15.5. The molecule has 0 saturated heterocycles. The van der Waals surface area contributed by atoms with Crippen LogP contribution in [0.2, 0.25) is 5.02 Å². The number of phenols is 1. The van der Waals surface area contributed by atoms with Crippen molar-refractivity contribution in [1.29, 1.82) is 0 Å². The van der Waals surface area contributed by atoms with Crippen molar-refractivity contribution in [3.05, 3.63) is 83.4 Å². The van der Waals surface area contributed by atoms with Crippen LogP contribution in [-0.4, -0.2) is 10.9 Å². The Hall–Kier alpha value is -2.84. The van der Waals surface area contributed by atoms with E-state index in [4.69, 9.17) is 11.6 Å². The minimum absolute atomic E-state index is 0.0590. The van der Waals surface area contributed by atoms with Crippen molar-refractivity contribution in [3.8, 4) is 28.0 Å². The summed E-state index contributed by atoms with van der Waals surface area (Å²) in [6.07, 6.45) is 0. The molecule has 130 valence electrons. The maximum atomic E-state index is 11.7. The summed E-state index contributed by atoms with van der Waals surface area (Å²) in [6, 6.07) is 18.8. The van der Waals surface area contributed by atoms with Crippen LogP contribution in [0.15, 0.2) is 67.2 Å². The summed E-state index contributed by atoms with van der Waals surface area (Å²) in [5, 5.41) is 10.6. The molecule has 0 aromatic heterocycles. The second-order valence-corrected chi connectivity index (χ2v) is 6.68. The molecule has 2 nitrogen and oxygen atoms in total. The van der Waals surface area contributed by atoms with Gasteiger partial charge in [0, 0.05) is 21.7 Å². The predicted octanol–water partition coefficient (Wildman–Crippen LogP) is 6.29. The van der Waals surface area contributed by atoms with E-state index in [1.807, 2.05) is 55.5 Å². The normalized spacial score (nSPS) is 10.6. The molecule has 0 aliphatic carbocycles. The Balaban J connectivity index is 2.04. The summed E-state index contributed by atoms with van der Waals surface area (Å²) < 4.78 is 0. The van der Waals surface area contributed by atoms with Crippen LogP contribution in [0.5, 0.6) is 5.75 Å². The molecule has 3 aromatic carbocycles. The van der Waals surface area contributed by atoms with E-state index in [9.17, 15) is 9.90 Å². The molecule has 0 spiro atoms. The first kappa shape index (κ1) is 18.0. The molecule has 0 atom stereocenters. The summed E-state index contributed by atoms with van der Waals surface area (Å²) in [7, 11) is 0. The van der Waals surface area contributed by atoms with Gasteiger partial charge in [-0.2, -0.15) is 0 Å². The number of benzene rings is 3. The highest BCUT2D eigenvalue weighted by Gasteiger charge is 2.13. The first-order valence-corrected chi connectivity index (χ1v) is 8.65. The third kappa shape index (κ3) is 3.42. The first-order valence-electron chi connectivity index (χ1n) is 8.27. The second kappa shape index (κ2) is 7.19. The number of ketones is 1. The van der Waals surface area contributed by atoms with Gasteiger partial charge in [-0.15, -0.1) is 0 Å². The van der Waals surface area contributed by atoms with Gasteiger partial charge in [-0.3, -0.25) is 4.79 Å². The van der Waals surface area contributed by atoms with Crippen LogP contribution in [0.3, 0.4) is 0 Å². The molecule has 3 heteroatoms. The lowest BCUT2D eigenvalue weighted by Gasteiger charge is -2.13. The molecule has 3 aromatic rings. The number of para-hydroxylation sites is 1. The topological polar surface area (TPSA) is 37.3 Å². The van der Waals surface area contributed by atoms with Gasteiger partial charge in [-0.1, -0.05) is 60.6 Å². The number of hydrogen-bond acceptors (Lipinski definition) is 2. The van der Waals surface area contributed by atoms with Crippen molar-refractivity contribution >= 4 is 23.0 Å². The molecule has 26 heavy (non-hydrogen) atoms. The highest BCUT2D eigenvalue weighted by atomic mass is 35.5. The number of carbonyl (C=O) groups excluding carboxylic acids is 1. The van der Waals surface area contributed by atoms with Crippen LogP contribution in [0, 0.1) is 6.92 Å². The van der Waals surface area contributed by atoms with Gasteiger partial charge in [0.2, 0.25) is 0 Å². The van der Waals surface area contributed by atoms with Gasteiger partial charge in [0.15, 0.2) is 5.78 Å². The maximum absolute atomic E-state index is 11.7. The van der Waals surface area contributed by atoms with E-state index < -0.39 is 0 Å². The van der Waals surface area contributed by atoms with E-state index in [0.717, 1.165) is 33.4 Å². The fourth-order valence-corrected chi connectivity index (χ4v) is 3.28. The summed E-state index contributed by atoms with van der Waals surface area (Å²) in [6.45, 7) is 7.32. The molecule has 0 radical (unpaired) electrons. The van der Waals surface area contributed by atoms with Crippen LogP contribution in [0.1, 0.15) is 18.1 Å². The number of Topliss-reactive ketones (excluding diaryl/α,β-unsaturated/α-hetero) is 1. The Morgan fingerprint density at radius 3 is 2.12 bits per heavy atom. The number of phenolic OH excluding ortho intramolecular Hbond substituents is 1. The molecule has 1 N–H and O–H groups in total. The largest absolute Gasteiger partial charge is 0.507 e. The third-order valence-electron chi connectivity index (χ3n) is 4.48. The molecular formula is C23H19ClO2. The number of hydrogen-bond donors (Lipinski definition) is 1. The fourth-order valence-electron chi connectivity index (χ4n) is 2.96. The number of allylic oxidation sites excluding steroid dienone is 1. The average Bonchev–Trinajstić information content (AvgIpc) is 2.62. The number of carbonyl (C=O) groups is 1. The van der Waals surface area contributed by atoms with Crippen LogP contribution >= 0.6 is 11.6 Å². The van der Waals surface area contributed by atoms with Gasteiger partial charge in [-0.25, -0.2) is 0 Å². The molecule has 0 fully saturated rings. The molecule has 0 bridgehead atoms. The van der Waals surface area contributed by atoms with Crippen molar-refractivity contribution in [2.75, 3.05) is 0 Å². The minimum Gasteiger partial charge on any atom is -0.507 e. The lowest BCUT2D eigenvalue weighted by atomic mass is 9.93. The van der Waals surface area contributed by atoms with Crippen LogP contribution in [0.25, 0.3) is 27.8 Å². The van der Waals surface area contributed by atoms with Gasteiger partial charge in [0.05, 0.1) is 0 Å². The molecule has 0 saturated carbocycles. The summed E-state index contributed by atoms with van der Waals surface area (Å²) >= 11 is 6.45. The monoisotopic (exact) mass is 362 g/mol. The van der Waals surface area contributed by atoms with Gasteiger partial charge in [-0.05, 0) is 54.3 Å². The van der Waals surface area contributed by atoms with Crippen molar-refractivity contribution in [2.45, 2.75) is 13.8 Å². The van der Waals surface area contributed by atoms with E-state index in [0.29, 0.717) is 10.6 Å². The van der Waals surface area contributed by atoms with E-state index in [2.05, 4.69) is 6.58 Å². The second-order valence-electron chi connectivity index (χ2n) is 6.28. The third-order valence-corrected chi connectivity index (χ3v) is 4.79. The maximum Gasteiger partial charge on any atom is 0.159 e. The number of rotatable bonds is 4. The Labute approximate surface area is 158 Å². The molecule has 0 aliphatic rings. The zero-order valence-electron chi connectivity index (χ0n) is 14.7. The van der Waals surface area contributed by atoms with E-state index in [1.165, 1.54) is 6.92 Å². The van der Waals surface area contributed by atoms with Crippen LogP contribution in [0.4, 0.5) is 0 Å². The predicted molar refractivity (Wildman–Crippen MR) is 108 cm³/mol. The van der Waals surface area contributed by atoms with Crippen LogP contribution in [-0.2, 0) is 4.79 Å². The number of halogens is 1. The Morgan fingerprint density at radius 1 is 0.962 bits per heavy atom. The van der Waals surface area contributed by atoms with E-state index >= 15 is 0 Å². The van der Waals surface area contributed by atoms with Gasteiger partial charge >= 0.3 is 0 Å². The lowest BCUT2D eigenvalue weighted by molar-refractivity contribution is -0.111. The quantitative estimate of drug-likeness (QED) is 0.554. The summed E-state index contributed by atoms with van der Waals surface area (Å²) in [4.78, 5) is 11.7. The van der Waals surface area contributed by atoms with Crippen molar-refractivity contribution < 1.29 is 9.90 Å². The van der Waals surface area contributed by atoms with Crippen LogP contribution < -0.4 is 0 Å². The van der Waals surface area contributed by atoms with Crippen molar-refractivity contribution in [3.63, 3.8) is 0 Å². The zero-order chi connectivity index (χ0) is 18.8. The summed E-state index contributed by atoms with van der Waals surface area (Å²) in [5.41, 5.74) is 5.69. The Bertz CT molecular complexity index is 1000. The smallest absolute Gasteiger partial charge is 0.159 e. The highest BCUT2D eigenvalue weighted by Crippen LogP contribution is 2.35. The lowest BCUT2D eigenvalue weighted by Crippen LogP contribution is -1.98. The molecule has 0 unspecified atom stereocenters. The van der Waals surface area contributed by atoms with Gasteiger partial charge in [0.1, 0.15) is 5.75 Å². The molecule has 0 amide bonds. The van der Waals surface area contributed by atoms with Crippen molar-refractivity contribution in [2.24, 2.45) is 0 Å². The fraction of sp³-hybridized carbons (Fsp3) is 0.0870. The number of aromatic hydroxyl groups is 1. The summed E-state index contributed by atoms with van der Waals surface area (Å²) in [5.74, 6) is 0.185. The number of aryl methyl sites for hydroxylation is 1. The van der Waals surface area contributed by atoms with Gasteiger partial charge in [0.25, 0.3) is 0 Å². The molecule has 0 heterocycles. The van der Waals surface area contributed by atoms with E-state index in [1.54, 1.807) is 12.1 Å². The standard InChI is InChI=1S/C23H19ClO2/c1-14-12-22(24)21(13-20(14)15(2)16(3)25)18-10-8-17(9-11-18)19-6-4-5-7-23(19)26/h4-13,26H,2H2,1,3H3.